The summed E-state index contributed by atoms with van der Waals surface area (Å²) in [6.45, 7) is 6.20. The Morgan fingerprint density at radius 1 is 0.810 bits per heavy atom. The molecule has 0 fully saturated rings. The molecule has 0 N–H and O–H groups in total. The monoisotopic (exact) mass is 278 g/mol. The van der Waals surface area contributed by atoms with Gasteiger partial charge in [0.25, 0.3) is 0 Å². The van der Waals surface area contributed by atoms with Crippen LogP contribution in [0.25, 0.3) is 22.3 Å². The average Bonchev–Trinajstić information content (AvgIpc) is 2.49. The Kier molecular flexibility index (Phi) is 3.34. The number of hydrogen-bond donors (Lipinski definition) is 0. The number of hydrogen-bond acceptors (Lipinski definition) is 3. The standard InChI is InChI=1S/C18H18N2O/c1-11-9-16-17(10-12(11)2)20-18(13(3)19-16)14-5-7-15(21-4)8-6-14/h5-10H,1-4H3. The molecule has 0 atom stereocenters. The van der Waals surface area contributed by atoms with Gasteiger partial charge < -0.3 is 4.74 Å². The summed E-state index contributed by atoms with van der Waals surface area (Å²) in [5.74, 6) is 0.844. The van der Waals surface area contributed by atoms with Crippen LogP contribution in [0.1, 0.15) is 16.8 Å². The second-order valence-corrected chi connectivity index (χ2v) is 5.31. The van der Waals surface area contributed by atoms with E-state index < -0.39 is 0 Å². The lowest BCUT2D eigenvalue weighted by Gasteiger charge is -2.09. The highest BCUT2D eigenvalue weighted by molar-refractivity contribution is 5.80. The van der Waals surface area contributed by atoms with Crippen molar-refractivity contribution in [3.05, 3.63) is 53.2 Å². The Balaban J connectivity index is 2.17. The van der Waals surface area contributed by atoms with E-state index in [0.717, 1.165) is 33.7 Å². The fourth-order valence-electron chi connectivity index (χ4n) is 2.42. The van der Waals surface area contributed by atoms with Gasteiger partial charge in [-0.1, -0.05) is 0 Å². The molecule has 3 nitrogen and oxygen atoms in total. The number of aryl methyl sites for hydroxylation is 3. The third-order valence-electron chi connectivity index (χ3n) is 3.82. The van der Waals surface area contributed by atoms with Gasteiger partial charge in [-0.15, -0.1) is 0 Å². The molecule has 0 unspecified atom stereocenters. The van der Waals surface area contributed by atoms with Crippen LogP contribution in [0.3, 0.4) is 0 Å². The highest BCUT2D eigenvalue weighted by Crippen LogP contribution is 2.26. The van der Waals surface area contributed by atoms with Gasteiger partial charge in [0, 0.05) is 5.56 Å². The number of nitrogens with zero attached hydrogens (tertiary/aromatic N) is 2. The van der Waals surface area contributed by atoms with Crippen LogP contribution in [0.15, 0.2) is 36.4 Å². The quantitative estimate of drug-likeness (QED) is 0.703. The van der Waals surface area contributed by atoms with Crippen molar-refractivity contribution in [2.24, 2.45) is 0 Å². The summed E-state index contributed by atoms with van der Waals surface area (Å²) >= 11 is 0. The Hall–Kier alpha value is -2.42. The largest absolute Gasteiger partial charge is 0.497 e. The predicted octanol–water partition coefficient (Wildman–Crippen LogP) is 4.23. The first-order chi connectivity index (χ1) is 10.1. The molecule has 0 spiro atoms. The lowest BCUT2D eigenvalue weighted by Crippen LogP contribution is -1.96. The number of rotatable bonds is 2. The highest BCUT2D eigenvalue weighted by atomic mass is 16.5. The van der Waals surface area contributed by atoms with Crippen molar-refractivity contribution in [1.82, 2.24) is 9.97 Å². The van der Waals surface area contributed by atoms with Gasteiger partial charge in [-0.25, -0.2) is 9.97 Å². The van der Waals surface area contributed by atoms with E-state index in [-0.39, 0.29) is 0 Å². The molecule has 0 aliphatic rings. The van der Waals surface area contributed by atoms with Crippen LogP contribution in [-0.4, -0.2) is 17.1 Å². The Morgan fingerprint density at radius 2 is 1.38 bits per heavy atom. The highest BCUT2D eigenvalue weighted by Gasteiger charge is 2.09. The lowest BCUT2D eigenvalue weighted by atomic mass is 10.1. The minimum Gasteiger partial charge on any atom is -0.497 e. The summed E-state index contributed by atoms with van der Waals surface area (Å²) in [5, 5.41) is 0. The SMILES string of the molecule is COc1ccc(-c2nc3cc(C)c(C)cc3nc2C)cc1. The van der Waals surface area contributed by atoms with Crippen molar-refractivity contribution in [3.8, 4) is 17.0 Å². The molecule has 0 saturated carbocycles. The van der Waals surface area contributed by atoms with Gasteiger partial charge in [0.2, 0.25) is 0 Å². The van der Waals surface area contributed by atoms with Crippen LogP contribution >= 0.6 is 0 Å². The number of fused-ring (bicyclic) bond motifs is 1. The van der Waals surface area contributed by atoms with Crippen LogP contribution in [0.5, 0.6) is 5.75 Å². The van der Waals surface area contributed by atoms with E-state index in [1.807, 2.05) is 31.2 Å². The zero-order chi connectivity index (χ0) is 15.0. The number of ether oxygens (including phenoxy) is 1. The molecule has 0 saturated heterocycles. The van der Waals surface area contributed by atoms with Gasteiger partial charge >= 0.3 is 0 Å². The van der Waals surface area contributed by atoms with Gasteiger partial charge in [0.15, 0.2) is 0 Å². The summed E-state index contributed by atoms with van der Waals surface area (Å²) in [7, 11) is 1.67. The van der Waals surface area contributed by atoms with E-state index in [1.165, 1.54) is 11.1 Å². The molecule has 0 aliphatic carbocycles. The van der Waals surface area contributed by atoms with Crippen LogP contribution < -0.4 is 4.74 Å². The number of methoxy groups -OCH3 is 1. The van der Waals surface area contributed by atoms with E-state index in [1.54, 1.807) is 7.11 Å². The molecule has 3 heteroatoms. The zero-order valence-electron chi connectivity index (χ0n) is 12.8. The summed E-state index contributed by atoms with van der Waals surface area (Å²) in [4.78, 5) is 9.50. The zero-order valence-corrected chi connectivity index (χ0v) is 12.8. The summed E-state index contributed by atoms with van der Waals surface area (Å²) in [6, 6.07) is 12.1. The van der Waals surface area contributed by atoms with E-state index in [2.05, 4.69) is 26.0 Å². The molecule has 1 heterocycles. The Bertz CT molecular complexity index is 808. The molecule has 106 valence electrons. The molecule has 3 rings (SSSR count). The summed E-state index contributed by atoms with van der Waals surface area (Å²) < 4.78 is 5.20. The minimum atomic E-state index is 0.844. The predicted molar refractivity (Wildman–Crippen MR) is 85.7 cm³/mol. The molecule has 0 radical (unpaired) electrons. The van der Waals surface area contributed by atoms with Crippen LogP contribution in [0.2, 0.25) is 0 Å². The summed E-state index contributed by atoms with van der Waals surface area (Å²) in [6.07, 6.45) is 0. The van der Waals surface area contributed by atoms with Crippen molar-refractivity contribution < 1.29 is 4.74 Å². The van der Waals surface area contributed by atoms with Gasteiger partial charge in [0.1, 0.15) is 5.75 Å². The van der Waals surface area contributed by atoms with Crippen molar-refractivity contribution in [2.75, 3.05) is 7.11 Å². The molecule has 0 bridgehead atoms. The second-order valence-electron chi connectivity index (χ2n) is 5.31. The van der Waals surface area contributed by atoms with Gasteiger partial charge in [-0.05, 0) is 68.3 Å². The van der Waals surface area contributed by atoms with Gasteiger partial charge in [-0.2, -0.15) is 0 Å². The lowest BCUT2D eigenvalue weighted by molar-refractivity contribution is 0.415. The van der Waals surface area contributed by atoms with Crippen LogP contribution in [-0.2, 0) is 0 Å². The number of aromatic nitrogens is 2. The second kappa shape index (κ2) is 5.17. The smallest absolute Gasteiger partial charge is 0.118 e. The van der Waals surface area contributed by atoms with E-state index in [9.17, 15) is 0 Å². The van der Waals surface area contributed by atoms with E-state index >= 15 is 0 Å². The third-order valence-corrected chi connectivity index (χ3v) is 3.82. The average molecular weight is 278 g/mol. The molecule has 2 aromatic carbocycles. The van der Waals surface area contributed by atoms with Crippen molar-refractivity contribution in [1.29, 1.82) is 0 Å². The van der Waals surface area contributed by atoms with Gasteiger partial charge in [0.05, 0.1) is 29.5 Å². The topological polar surface area (TPSA) is 35.0 Å². The van der Waals surface area contributed by atoms with Crippen LogP contribution in [0, 0.1) is 20.8 Å². The van der Waals surface area contributed by atoms with E-state index in [0.29, 0.717) is 0 Å². The molecular weight excluding hydrogens is 260 g/mol. The van der Waals surface area contributed by atoms with Crippen molar-refractivity contribution >= 4 is 11.0 Å². The summed E-state index contributed by atoms with van der Waals surface area (Å²) in [5.41, 5.74) is 7.29. The van der Waals surface area contributed by atoms with Gasteiger partial charge in [-0.3, -0.25) is 0 Å². The molecule has 3 aromatic rings. The maximum Gasteiger partial charge on any atom is 0.118 e. The number of benzene rings is 2. The first kappa shape index (κ1) is 13.6. The third kappa shape index (κ3) is 2.47. The van der Waals surface area contributed by atoms with E-state index in [4.69, 9.17) is 14.7 Å². The fourth-order valence-corrected chi connectivity index (χ4v) is 2.42. The first-order valence-electron chi connectivity index (χ1n) is 6.98. The fraction of sp³-hybridized carbons (Fsp3) is 0.222. The Labute approximate surface area is 124 Å². The maximum atomic E-state index is 5.20. The molecule has 1 aromatic heterocycles. The maximum absolute atomic E-state index is 5.20. The molecular formula is C18H18N2O. The van der Waals surface area contributed by atoms with Crippen molar-refractivity contribution in [3.63, 3.8) is 0 Å². The Morgan fingerprint density at radius 3 is 1.95 bits per heavy atom. The first-order valence-corrected chi connectivity index (χ1v) is 6.98. The normalized spacial score (nSPS) is 10.9. The molecule has 0 aliphatic heterocycles. The molecule has 0 amide bonds. The molecule has 21 heavy (non-hydrogen) atoms. The van der Waals surface area contributed by atoms with Crippen LogP contribution in [0.4, 0.5) is 0 Å². The van der Waals surface area contributed by atoms with Crippen molar-refractivity contribution in [2.45, 2.75) is 20.8 Å². The minimum absolute atomic E-state index is 0.844.